The molecule has 3 amide bonds. The van der Waals surface area contributed by atoms with E-state index < -0.39 is 29.3 Å². The highest BCUT2D eigenvalue weighted by atomic mass is 16.6. The van der Waals surface area contributed by atoms with E-state index in [0.717, 1.165) is 5.56 Å². The summed E-state index contributed by atoms with van der Waals surface area (Å²) in [5, 5.41) is 5.78. The minimum atomic E-state index is -0.892. The molecule has 196 valence electrons. The first kappa shape index (κ1) is 30.2. The first-order chi connectivity index (χ1) is 15.9. The maximum atomic E-state index is 14.0. The molecule has 7 heteroatoms. The van der Waals surface area contributed by atoms with E-state index in [1.54, 1.807) is 31.7 Å². The lowest BCUT2D eigenvalue weighted by atomic mass is 9.96. The summed E-state index contributed by atoms with van der Waals surface area (Å²) < 4.78 is 5.42. The Morgan fingerprint density at radius 3 is 2.11 bits per heavy atom. The lowest BCUT2D eigenvalue weighted by Crippen LogP contribution is -2.56. The van der Waals surface area contributed by atoms with E-state index in [-0.39, 0.29) is 23.8 Å². The van der Waals surface area contributed by atoms with Crippen LogP contribution >= 0.6 is 0 Å². The standard InChI is InChI=1S/C28H45N3O4/c1-12-20-14-13-15-21(17-20)23(24(32)30-27(6,7)8)31(19(4)5)25(33)22(16-18(2)3)29-26(34)35-28(9,10)11/h12-15,17-19,22-23H,1,16H2,2-11H3,(H,29,34)(H,30,32). The summed E-state index contributed by atoms with van der Waals surface area (Å²) >= 11 is 0. The number of nitrogens with zero attached hydrogens (tertiary/aromatic N) is 1. The van der Waals surface area contributed by atoms with Gasteiger partial charge in [0, 0.05) is 11.6 Å². The van der Waals surface area contributed by atoms with Crippen LogP contribution in [0.25, 0.3) is 6.08 Å². The van der Waals surface area contributed by atoms with Crippen molar-refractivity contribution in [1.82, 2.24) is 15.5 Å². The Hall–Kier alpha value is -2.83. The molecule has 0 bridgehead atoms. The number of carbonyl (C=O) groups excluding carboxylic acids is 3. The van der Waals surface area contributed by atoms with Crippen LogP contribution in [0.15, 0.2) is 30.8 Å². The lowest BCUT2D eigenvalue weighted by Gasteiger charge is -2.38. The first-order valence-electron chi connectivity index (χ1n) is 12.3. The normalized spacial score (nSPS) is 13.7. The summed E-state index contributed by atoms with van der Waals surface area (Å²) in [7, 11) is 0. The van der Waals surface area contributed by atoms with Crippen molar-refractivity contribution in [2.75, 3.05) is 0 Å². The summed E-state index contributed by atoms with van der Waals surface area (Å²) in [4.78, 5) is 41.8. The summed E-state index contributed by atoms with van der Waals surface area (Å²) in [5.41, 5.74) is 0.320. The number of amides is 3. The summed E-state index contributed by atoms with van der Waals surface area (Å²) in [6.45, 7) is 22.5. The van der Waals surface area contributed by atoms with Gasteiger partial charge in [0.15, 0.2) is 0 Å². The van der Waals surface area contributed by atoms with Crippen LogP contribution in [0, 0.1) is 5.92 Å². The average Bonchev–Trinajstić information content (AvgIpc) is 2.67. The molecule has 2 atom stereocenters. The summed E-state index contributed by atoms with van der Waals surface area (Å²) in [6.07, 6.45) is 1.45. The molecule has 1 rings (SSSR count). The Bertz CT molecular complexity index is 894. The number of alkyl carbamates (subject to hydrolysis) is 1. The van der Waals surface area contributed by atoms with E-state index >= 15 is 0 Å². The number of nitrogens with one attached hydrogen (secondary N) is 2. The van der Waals surface area contributed by atoms with Gasteiger partial charge in [0.25, 0.3) is 0 Å². The van der Waals surface area contributed by atoms with E-state index in [9.17, 15) is 14.4 Å². The van der Waals surface area contributed by atoms with Crippen LogP contribution in [0.5, 0.6) is 0 Å². The highest BCUT2D eigenvalue weighted by Gasteiger charge is 2.38. The van der Waals surface area contributed by atoms with Gasteiger partial charge in [-0.1, -0.05) is 44.7 Å². The van der Waals surface area contributed by atoms with Gasteiger partial charge in [-0.05, 0) is 84.9 Å². The largest absolute Gasteiger partial charge is 0.444 e. The number of rotatable bonds is 9. The number of carbonyl (C=O) groups is 3. The predicted octanol–water partition coefficient (Wildman–Crippen LogP) is 5.46. The Kier molecular flexibility index (Phi) is 10.6. The van der Waals surface area contributed by atoms with Gasteiger partial charge in [-0.2, -0.15) is 0 Å². The molecule has 0 aliphatic heterocycles. The van der Waals surface area contributed by atoms with Crippen molar-refractivity contribution in [3.63, 3.8) is 0 Å². The minimum absolute atomic E-state index is 0.124. The monoisotopic (exact) mass is 487 g/mol. The second kappa shape index (κ2) is 12.2. The minimum Gasteiger partial charge on any atom is -0.444 e. The van der Waals surface area contributed by atoms with Gasteiger partial charge in [-0.3, -0.25) is 9.59 Å². The van der Waals surface area contributed by atoms with E-state index in [0.29, 0.717) is 12.0 Å². The first-order valence-corrected chi connectivity index (χ1v) is 12.3. The van der Waals surface area contributed by atoms with Gasteiger partial charge < -0.3 is 20.3 Å². The van der Waals surface area contributed by atoms with Crippen molar-refractivity contribution >= 4 is 24.0 Å². The fourth-order valence-electron chi connectivity index (χ4n) is 3.73. The third-order valence-electron chi connectivity index (χ3n) is 4.99. The molecule has 0 fully saturated rings. The zero-order valence-corrected chi connectivity index (χ0v) is 23.2. The van der Waals surface area contributed by atoms with E-state index in [4.69, 9.17) is 4.74 Å². The molecule has 35 heavy (non-hydrogen) atoms. The van der Waals surface area contributed by atoms with Crippen LogP contribution in [-0.4, -0.2) is 46.0 Å². The van der Waals surface area contributed by atoms with Crippen LogP contribution < -0.4 is 10.6 Å². The molecule has 0 aromatic heterocycles. The number of benzene rings is 1. The zero-order chi connectivity index (χ0) is 27.1. The molecule has 0 heterocycles. The fourth-order valence-corrected chi connectivity index (χ4v) is 3.73. The Morgan fingerprint density at radius 1 is 1.06 bits per heavy atom. The molecule has 0 aliphatic carbocycles. The second-order valence-electron chi connectivity index (χ2n) is 11.7. The van der Waals surface area contributed by atoms with Crippen molar-refractivity contribution < 1.29 is 19.1 Å². The lowest BCUT2D eigenvalue weighted by molar-refractivity contribution is -0.145. The molecular weight excluding hydrogens is 442 g/mol. The topological polar surface area (TPSA) is 87.7 Å². The van der Waals surface area contributed by atoms with Crippen molar-refractivity contribution in [3.8, 4) is 0 Å². The van der Waals surface area contributed by atoms with Gasteiger partial charge in [-0.15, -0.1) is 0 Å². The molecule has 0 radical (unpaired) electrons. The molecule has 0 spiro atoms. The van der Waals surface area contributed by atoms with E-state index in [1.165, 1.54) is 0 Å². The second-order valence-corrected chi connectivity index (χ2v) is 11.7. The SMILES string of the molecule is C=Cc1cccc(C(C(=O)NC(C)(C)C)N(C(=O)C(CC(C)C)NC(=O)OC(C)(C)C)C(C)C)c1. The van der Waals surface area contributed by atoms with Gasteiger partial charge in [0.1, 0.15) is 17.7 Å². The predicted molar refractivity (Wildman–Crippen MR) is 142 cm³/mol. The van der Waals surface area contributed by atoms with Crippen molar-refractivity contribution in [2.24, 2.45) is 5.92 Å². The zero-order valence-electron chi connectivity index (χ0n) is 23.2. The number of ether oxygens (including phenoxy) is 1. The highest BCUT2D eigenvalue weighted by molar-refractivity contribution is 5.92. The van der Waals surface area contributed by atoms with E-state index in [2.05, 4.69) is 17.2 Å². The molecule has 2 N–H and O–H groups in total. The van der Waals surface area contributed by atoms with Gasteiger partial charge >= 0.3 is 6.09 Å². The maximum absolute atomic E-state index is 14.0. The Balaban J connectivity index is 3.54. The van der Waals surface area contributed by atoms with Crippen LogP contribution in [-0.2, 0) is 14.3 Å². The quantitative estimate of drug-likeness (QED) is 0.484. The molecule has 1 aromatic carbocycles. The number of hydrogen-bond donors (Lipinski definition) is 2. The van der Waals surface area contributed by atoms with E-state index in [1.807, 2.05) is 72.7 Å². The van der Waals surface area contributed by atoms with Gasteiger partial charge in [0.05, 0.1) is 0 Å². The number of hydrogen-bond acceptors (Lipinski definition) is 4. The fraction of sp³-hybridized carbons (Fsp3) is 0.607. The summed E-state index contributed by atoms with van der Waals surface area (Å²) in [6, 6.07) is 5.37. The third kappa shape index (κ3) is 10.1. The Labute approximate surface area is 211 Å². The molecule has 0 saturated heterocycles. The smallest absolute Gasteiger partial charge is 0.408 e. The molecule has 2 unspecified atom stereocenters. The van der Waals surface area contributed by atoms with Crippen molar-refractivity contribution in [3.05, 3.63) is 42.0 Å². The van der Waals surface area contributed by atoms with Crippen LogP contribution in [0.2, 0.25) is 0 Å². The molecule has 0 aliphatic rings. The molecular formula is C28H45N3O4. The van der Waals surface area contributed by atoms with Gasteiger partial charge in [0.2, 0.25) is 11.8 Å². The Morgan fingerprint density at radius 2 is 1.66 bits per heavy atom. The summed E-state index contributed by atoms with van der Waals surface area (Å²) in [5.74, 6) is -0.502. The highest BCUT2D eigenvalue weighted by Crippen LogP contribution is 2.28. The molecule has 7 nitrogen and oxygen atoms in total. The third-order valence-corrected chi connectivity index (χ3v) is 4.99. The van der Waals surface area contributed by atoms with Crippen molar-refractivity contribution in [1.29, 1.82) is 0 Å². The van der Waals surface area contributed by atoms with Crippen LogP contribution in [0.4, 0.5) is 4.79 Å². The maximum Gasteiger partial charge on any atom is 0.408 e. The van der Waals surface area contributed by atoms with Crippen molar-refractivity contribution in [2.45, 2.75) is 105 Å². The van der Waals surface area contributed by atoms with Crippen LogP contribution in [0.1, 0.15) is 92.8 Å². The average molecular weight is 488 g/mol. The van der Waals surface area contributed by atoms with Crippen LogP contribution in [0.3, 0.4) is 0 Å². The molecule has 1 aromatic rings. The van der Waals surface area contributed by atoms with Gasteiger partial charge in [-0.25, -0.2) is 4.79 Å². The molecule has 0 saturated carbocycles.